The Labute approximate surface area is 127 Å². The van der Waals surface area contributed by atoms with Crippen LogP contribution >= 0.6 is 0 Å². The van der Waals surface area contributed by atoms with Gasteiger partial charge in [-0.3, -0.25) is 0 Å². The molecule has 0 bridgehead atoms. The maximum Gasteiger partial charge on any atom is 0.327 e. The van der Waals surface area contributed by atoms with Crippen LogP contribution in [0.15, 0.2) is 66.3 Å². The molecule has 110 valence electrons. The van der Waals surface area contributed by atoms with Gasteiger partial charge in [-0.15, -0.1) is 0 Å². The molecule has 0 aliphatic rings. The first-order chi connectivity index (χ1) is 10.2. The Morgan fingerprint density at radius 3 is 2.67 bits per heavy atom. The van der Waals surface area contributed by atoms with Gasteiger partial charge in [0.1, 0.15) is 18.1 Å². The fraction of sp³-hybridized carbons (Fsp3) is 0.278. The topological polar surface area (TPSA) is 22.8 Å². The van der Waals surface area contributed by atoms with Crippen molar-refractivity contribution in [2.24, 2.45) is 0 Å². The molecule has 1 aromatic carbocycles. The summed E-state index contributed by atoms with van der Waals surface area (Å²) in [5, 5.41) is 0. The number of hydrogen-bond donors (Lipinski definition) is 0. The van der Waals surface area contributed by atoms with E-state index in [1.807, 2.05) is 50.3 Å². The third-order valence-corrected chi connectivity index (χ3v) is 2.78. The van der Waals surface area contributed by atoms with E-state index >= 15 is 0 Å². The fourth-order valence-corrected chi connectivity index (χ4v) is 1.52. The summed E-state index contributed by atoms with van der Waals surface area (Å²) < 4.78 is 10.9. The Bertz CT molecular complexity index is 574. The van der Waals surface area contributed by atoms with Crippen molar-refractivity contribution in [3.63, 3.8) is 0 Å². The standard InChI is InChI=1S/C18H22NO2/c1-5-6-12-19-13-18(15(2)20-4)16(3)21-14-17-10-8-7-9-11-17/h6-12H,3,5,14H2,1-2,4H3/q+1. The normalized spacial score (nSPS) is 11.4. The van der Waals surface area contributed by atoms with Crippen LogP contribution in [0.2, 0.25) is 0 Å². The van der Waals surface area contributed by atoms with Crippen molar-refractivity contribution < 1.29 is 9.47 Å². The van der Waals surface area contributed by atoms with Gasteiger partial charge in [0, 0.05) is 0 Å². The lowest BCUT2D eigenvalue weighted by Gasteiger charge is -2.08. The lowest BCUT2D eigenvalue weighted by Crippen LogP contribution is -1.98. The molecule has 1 rings (SSSR count). The van der Waals surface area contributed by atoms with Gasteiger partial charge in [0.25, 0.3) is 0 Å². The SMILES string of the molecule is C=C(OCc1ccccc1)C(C#[N+]C=CCC)=C(C)OC. The van der Waals surface area contributed by atoms with Gasteiger partial charge < -0.3 is 9.47 Å². The number of hydrogen-bond acceptors (Lipinski definition) is 2. The van der Waals surface area contributed by atoms with Crippen LogP contribution in [-0.2, 0) is 16.1 Å². The van der Waals surface area contributed by atoms with Crippen LogP contribution in [0.3, 0.4) is 0 Å². The van der Waals surface area contributed by atoms with Crippen LogP contribution in [0.1, 0.15) is 25.8 Å². The fourth-order valence-electron chi connectivity index (χ4n) is 1.52. The van der Waals surface area contributed by atoms with Crippen molar-refractivity contribution in [3.05, 3.63) is 76.7 Å². The van der Waals surface area contributed by atoms with Gasteiger partial charge in [0.2, 0.25) is 0 Å². The lowest BCUT2D eigenvalue weighted by atomic mass is 10.2. The summed E-state index contributed by atoms with van der Waals surface area (Å²) in [4.78, 5) is 4.10. The Balaban J connectivity index is 2.77. The van der Waals surface area contributed by atoms with Crippen molar-refractivity contribution in [2.45, 2.75) is 26.9 Å². The summed E-state index contributed by atoms with van der Waals surface area (Å²) >= 11 is 0. The third kappa shape index (κ3) is 6.01. The van der Waals surface area contributed by atoms with Crippen molar-refractivity contribution in [2.75, 3.05) is 7.11 Å². The minimum Gasteiger partial charge on any atom is -0.500 e. The van der Waals surface area contributed by atoms with Crippen LogP contribution in [0.25, 0.3) is 4.85 Å². The second-order valence-corrected chi connectivity index (χ2v) is 4.37. The highest BCUT2D eigenvalue weighted by Gasteiger charge is 2.13. The van der Waals surface area contributed by atoms with Crippen molar-refractivity contribution >= 4 is 0 Å². The molecule has 3 nitrogen and oxygen atoms in total. The molecule has 21 heavy (non-hydrogen) atoms. The van der Waals surface area contributed by atoms with Crippen molar-refractivity contribution in [3.8, 4) is 6.07 Å². The zero-order chi connectivity index (χ0) is 15.5. The molecule has 0 saturated heterocycles. The Morgan fingerprint density at radius 2 is 2.05 bits per heavy atom. The first-order valence-electron chi connectivity index (χ1n) is 6.90. The number of benzene rings is 1. The number of allylic oxidation sites excluding steroid dienone is 3. The molecule has 0 spiro atoms. The zero-order valence-electron chi connectivity index (χ0n) is 12.9. The van der Waals surface area contributed by atoms with E-state index in [0.717, 1.165) is 12.0 Å². The predicted octanol–water partition coefficient (Wildman–Crippen LogP) is 4.89. The van der Waals surface area contributed by atoms with Crippen LogP contribution in [-0.4, -0.2) is 7.11 Å². The molecule has 0 fully saturated rings. The monoisotopic (exact) mass is 284 g/mol. The average molecular weight is 284 g/mol. The molecule has 3 heteroatoms. The van der Waals surface area contributed by atoms with Gasteiger partial charge in [0.05, 0.1) is 7.11 Å². The maximum absolute atomic E-state index is 5.69. The average Bonchev–Trinajstić information content (AvgIpc) is 2.53. The van der Waals surface area contributed by atoms with Crippen LogP contribution in [0.4, 0.5) is 0 Å². The van der Waals surface area contributed by atoms with E-state index in [1.54, 1.807) is 13.3 Å². The van der Waals surface area contributed by atoms with Gasteiger partial charge >= 0.3 is 12.3 Å². The quantitative estimate of drug-likeness (QED) is 0.421. The van der Waals surface area contributed by atoms with Gasteiger partial charge in [0.15, 0.2) is 5.57 Å². The molecule has 0 aliphatic heterocycles. The van der Waals surface area contributed by atoms with Gasteiger partial charge in [-0.25, -0.2) is 0 Å². The largest absolute Gasteiger partial charge is 0.500 e. The summed E-state index contributed by atoms with van der Waals surface area (Å²) in [6.07, 6.45) is 4.58. The third-order valence-electron chi connectivity index (χ3n) is 2.78. The second kappa shape index (κ2) is 9.44. The van der Waals surface area contributed by atoms with E-state index in [-0.39, 0.29) is 0 Å². The highest BCUT2D eigenvalue weighted by atomic mass is 16.5. The summed E-state index contributed by atoms with van der Waals surface area (Å²) in [6.45, 7) is 8.26. The van der Waals surface area contributed by atoms with Crippen molar-refractivity contribution in [1.29, 1.82) is 0 Å². The van der Waals surface area contributed by atoms with E-state index in [1.165, 1.54) is 0 Å². The van der Waals surface area contributed by atoms with Gasteiger partial charge in [-0.1, -0.05) is 43.8 Å². The van der Waals surface area contributed by atoms with E-state index in [0.29, 0.717) is 23.7 Å². The minimum absolute atomic E-state index is 0.451. The number of rotatable bonds is 6. The van der Waals surface area contributed by atoms with E-state index in [2.05, 4.69) is 17.5 Å². The number of ether oxygens (including phenoxy) is 2. The van der Waals surface area contributed by atoms with Gasteiger partial charge in [-0.2, -0.15) is 0 Å². The van der Waals surface area contributed by atoms with E-state index in [9.17, 15) is 0 Å². The highest BCUT2D eigenvalue weighted by Crippen LogP contribution is 2.16. The molecule has 0 saturated carbocycles. The first-order valence-corrected chi connectivity index (χ1v) is 6.90. The molecule has 0 aliphatic carbocycles. The van der Waals surface area contributed by atoms with Crippen LogP contribution in [0.5, 0.6) is 0 Å². The molecular weight excluding hydrogens is 262 g/mol. The summed E-state index contributed by atoms with van der Waals surface area (Å²) in [6, 6.07) is 12.8. The Kier molecular flexibility index (Phi) is 7.45. The Hall–Kier alpha value is -2.47. The molecule has 0 aromatic heterocycles. The number of methoxy groups -OCH3 is 1. The summed E-state index contributed by atoms with van der Waals surface area (Å²) in [5.41, 5.74) is 1.71. The summed E-state index contributed by atoms with van der Waals surface area (Å²) in [5.74, 6) is 1.16. The molecule has 1 aromatic rings. The first kappa shape index (κ1) is 16.6. The van der Waals surface area contributed by atoms with Crippen LogP contribution in [0, 0.1) is 6.07 Å². The van der Waals surface area contributed by atoms with Crippen molar-refractivity contribution in [1.82, 2.24) is 0 Å². The molecule has 0 radical (unpaired) electrons. The van der Waals surface area contributed by atoms with Crippen LogP contribution < -0.4 is 0 Å². The zero-order valence-corrected chi connectivity index (χ0v) is 12.9. The van der Waals surface area contributed by atoms with Gasteiger partial charge in [-0.05, 0) is 29.8 Å². The molecule has 0 atom stereocenters. The van der Waals surface area contributed by atoms with E-state index < -0.39 is 0 Å². The predicted molar refractivity (Wildman–Crippen MR) is 86.8 cm³/mol. The van der Waals surface area contributed by atoms with E-state index in [4.69, 9.17) is 9.47 Å². The molecule has 0 heterocycles. The minimum atomic E-state index is 0.451. The molecule has 0 amide bonds. The molecular formula is C18H22NO2+. The Morgan fingerprint density at radius 1 is 1.33 bits per heavy atom. The smallest absolute Gasteiger partial charge is 0.327 e. The summed E-state index contributed by atoms with van der Waals surface area (Å²) in [7, 11) is 1.60. The second-order valence-electron chi connectivity index (χ2n) is 4.37. The molecule has 0 unspecified atom stereocenters. The maximum atomic E-state index is 5.69. The highest BCUT2D eigenvalue weighted by molar-refractivity contribution is 5.41. The lowest BCUT2D eigenvalue weighted by molar-refractivity contribution is 0.204. The number of nitrogens with zero attached hydrogens (tertiary/aromatic N) is 1. The molecule has 0 N–H and O–H groups in total.